The second-order valence-electron chi connectivity index (χ2n) is 9.51. The van der Waals surface area contributed by atoms with Gasteiger partial charge in [-0.15, -0.1) is 0 Å². The molecule has 4 heteroatoms. The van der Waals surface area contributed by atoms with E-state index in [-0.39, 0.29) is 18.4 Å². The lowest BCUT2D eigenvalue weighted by Gasteiger charge is -2.18. The van der Waals surface area contributed by atoms with E-state index in [9.17, 15) is 15.0 Å². The van der Waals surface area contributed by atoms with E-state index in [4.69, 9.17) is 5.11 Å². The predicted octanol–water partition coefficient (Wildman–Crippen LogP) is 5.26. The summed E-state index contributed by atoms with van der Waals surface area (Å²) in [6, 6.07) is 0. The van der Waals surface area contributed by atoms with Crippen LogP contribution in [0.5, 0.6) is 0 Å². The van der Waals surface area contributed by atoms with E-state index in [0.29, 0.717) is 24.2 Å². The van der Waals surface area contributed by atoms with Crippen LogP contribution in [0.25, 0.3) is 0 Å². The SMILES string of the molecule is CC(C)=CCC[C@@H](C)C[C@H](O)/C=C/[C@@H]1[C@H]2C/C(=C/CCCC(=O)O)C[C@H]2C[C@H]1O. The van der Waals surface area contributed by atoms with Crippen molar-refractivity contribution in [3.8, 4) is 0 Å². The average Bonchev–Trinajstić information content (AvgIpc) is 3.13. The topological polar surface area (TPSA) is 77.8 Å². The van der Waals surface area contributed by atoms with Gasteiger partial charge in [-0.1, -0.05) is 42.4 Å². The monoisotopic (exact) mass is 404 g/mol. The molecule has 164 valence electrons. The molecule has 0 heterocycles. The highest BCUT2D eigenvalue weighted by Gasteiger charge is 2.44. The summed E-state index contributed by atoms with van der Waals surface area (Å²) in [6.45, 7) is 6.42. The molecule has 3 N–H and O–H groups in total. The van der Waals surface area contributed by atoms with Gasteiger partial charge in [0.2, 0.25) is 0 Å². The van der Waals surface area contributed by atoms with Gasteiger partial charge < -0.3 is 15.3 Å². The molecular formula is C25H40O4. The minimum Gasteiger partial charge on any atom is -0.481 e. The molecule has 0 unspecified atom stereocenters. The summed E-state index contributed by atoms with van der Waals surface area (Å²) in [5.74, 6) is 0.837. The number of hydrogen-bond acceptors (Lipinski definition) is 3. The third-order valence-corrected chi connectivity index (χ3v) is 6.55. The number of fused-ring (bicyclic) bond motifs is 1. The van der Waals surface area contributed by atoms with Crippen molar-refractivity contribution in [2.24, 2.45) is 23.7 Å². The van der Waals surface area contributed by atoms with Crippen molar-refractivity contribution in [3.05, 3.63) is 35.5 Å². The van der Waals surface area contributed by atoms with Gasteiger partial charge in [0.25, 0.3) is 0 Å². The van der Waals surface area contributed by atoms with E-state index in [1.54, 1.807) is 0 Å². The summed E-state index contributed by atoms with van der Waals surface area (Å²) in [7, 11) is 0. The lowest BCUT2D eigenvalue weighted by molar-refractivity contribution is -0.137. The first-order valence-electron chi connectivity index (χ1n) is 11.3. The fourth-order valence-electron chi connectivity index (χ4n) is 5.02. The Morgan fingerprint density at radius 1 is 1.24 bits per heavy atom. The van der Waals surface area contributed by atoms with Gasteiger partial charge in [-0.05, 0) is 83.0 Å². The molecule has 0 aromatic rings. The summed E-state index contributed by atoms with van der Waals surface area (Å²) in [4.78, 5) is 10.6. The Morgan fingerprint density at radius 3 is 2.69 bits per heavy atom. The van der Waals surface area contributed by atoms with Gasteiger partial charge in [0.1, 0.15) is 0 Å². The zero-order valence-electron chi connectivity index (χ0n) is 18.4. The van der Waals surface area contributed by atoms with Gasteiger partial charge in [0.05, 0.1) is 12.2 Å². The fourth-order valence-corrected chi connectivity index (χ4v) is 5.02. The van der Waals surface area contributed by atoms with E-state index >= 15 is 0 Å². The zero-order chi connectivity index (χ0) is 21.4. The van der Waals surface area contributed by atoms with Crippen molar-refractivity contribution in [2.75, 3.05) is 0 Å². The molecule has 2 aliphatic rings. The third-order valence-electron chi connectivity index (χ3n) is 6.55. The maximum atomic E-state index is 10.6. The van der Waals surface area contributed by atoms with Gasteiger partial charge in [-0.25, -0.2) is 0 Å². The molecule has 0 aromatic heterocycles. The number of carboxylic acid groups (broad SMARTS) is 1. The molecule has 0 aliphatic heterocycles. The van der Waals surface area contributed by atoms with Crippen LogP contribution in [0.2, 0.25) is 0 Å². The largest absolute Gasteiger partial charge is 0.481 e. The Balaban J connectivity index is 1.81. The molecule has 2 fully saturated rings. The van der Waals surface area contributed by atoms with E-state index in [1.807, 2.05) is 6.08 Å². The molecule has 0 radical (unpaired) electrons. The van der Waals surface area contributed by atoms with Crippen LogP contribution in [0.4, 0.5) is 0 Å². The molecule has 4 nitrogen and oxygen atoms in total. The molecule has 0 aromatic carbocycles. The quantitative estimate of drug-likeness (QED) is 0.324. The third kappa shape index (κ3) is 8.10. The summed E-state index contributed by atoms with van der Waals surface area (Å²) in [5.41, 5.74) is 2.76. The predicted molar refractivity (Wildman–Crippen MR) is 117 cm³/mol. The first-order chi connectivity index (χ1) is 13.8. The fraction of sp³-hybridized carbons (Fsp3) is 0.720. The number of rotatable bonds is 11. The molecule has 29 heavy (non-hydrogen) atoms. The van der Waals surface area contributed by atoms with Crippen LogP contribution < -0.4 is 0 Å². The second kappa shape index (κ2) is 11.7. The van der Waals surface area contributed by atoms with Gasteiger partial charge in [-0.2, -0.15) is 0 Å². The van der Waals surface area contributed by atoms with Crippen molar-refractivity contribution in [2.45, 2.75) is 90.8 Å². The summed E-state index contributed by atoms with van der Waals surface area (Å²) in [6.07, 6.45) is 15.2. The lowest BCUT2D eigenvalue weighted by Crippen LogP contribution is -2.18. The average molecular weight is 405 g/mol. The molecule has 0 spiro atoms. The van der Waals surface area contributed by atoms with Crippen LogP contribution in [0.15, 0.2) is 35.5 Å². The first-order valence-corrected chi connectivity index (χ1v) is 11.3. The number of unbranched alkanes of at least 4 members (excludes halogenated alkanes) is 1. The van der Waals surface area contributed by atoms with E-state index in [2.05, 4.69) is 39.0 Å². The molecule has 2 saturated carbocycles. The summed E-state index contributed by atoms with van der Waals surface area (Å²) in [5, 5.41) is 29.7. The molecule has 0 saturated heterocycles. The van der Waals surface area contributed by atoms with Crippen molar-refractivity contribution in [1.29, 1.82) is 0 Å². The minimum atomic E-state index is -0.732. The van der Waals surface area contributed by atoms with Crippen molar-refractivity contribution in [1.82, 2.24) is 0 Å². The van der Waals surface area contributed by atoms with Crippen LogP contribution in [0, 0.1) is 23.7 Å². The molecule has 0 amide bonds. The Kier molecular flexibility index (Phi) is 9.64. The van der Waals surface area contributed by atoms with Crippen LogP contribution >= 0.6 is 0 Å². The van der Waals surface area contributed by atoms with Gasteiger partial charge in [0.15, 0.2) is 0 Å². The molecule has 0 bridgehead atoms. The van der Waals surface area contributed by atoms with Gasteiger partial charge >= 0.3 is 5.97 Å². The highest BCUT2D eigenvalue weighted by molar-refractivity contribution is 5.66. The maximum Gasteiger partial charge on any atom is 0.303 e. The number of allylic oxidation sites excluding steroid dienone is 4. The Bertz CT molecular complexity index is 614. The standard InChI is InChI=1S/C25H40O4/c1-17(2)7-6-8-18(3)13-21(26)11-12-22-23-15-19(9-4-5-10-25(28)29)14-20(23)16-24(22)27/h7,9,11-12,18,20-24,26-27H,4-6,8,10,13-16H2,1-3H3,(H,28,29)/b12-11+,19-9+/t18-,20+,21-,22-,23+,24-/m1/s1. The highest BCUT2D eigenvalue weighted by atomic mass is 16.4. The van der Waals surface area contributed by atoms with E-state index < -0.39 is 12.1 Å². The van der Waals surface area contributed by atoms with Crippen LogP contribution in [0.3, 0.4) is 0 Å². The zero-order valence-corrected chi connectivity index (χ0v) is 18.4. The van der Waals surface area contributed by atoms with Crippen LogP contribution in [0.1, 0.15) is 78.6 Å². The number of aliphatic hydroxyl groups is 2. The van der Waals surface area contributed by atoms with Gasteiger partial charge in [0, 0.05) is 12.3 Å². The van der Waals surface area contributed by atoms with Crippen LogP contribution in [-0.2, 0) is 4.79 Å². The molecule has 6 atom stereocenters. The molecule has 2 rings (SSSR count). The first kappa shape index (κ1) is 23.9. The smallest absolute Gasteiger partial charge is 0.303 e. The van der Waals surface area contributed by atoms with E-state index in [1.165, 1.54) is 11.1 Å². The maximum absolute atomic E-state index is 10.6. The number of carbonyl (C=O) groups is 1. The second-order valence-corrected chi connectivity index (χ2v) is 9.51. The Hall–Kier alpha value is -1.39. The Morgan fingerprint density at radius 2 is 2.00 bits per heavy atom. The van der Waals surface area contributed by atoms with Crippen molar-refractivity contribution < 1.29 is 20.1 Å². The normalized spacial score (nSPS) is 29.9. The van der Waals surface area contributed by atoms with Crippen molar-refractivity contribution >= 4 is 5.97 Å². The summed E-state index contributed by atoms with van der Waals surface area (Å²) < 4.78 is 0. The number of aliphatic carboxylic acids is 1. The molecular weight excluding hydrogens is 364 g/mol. The van der Waals surface area contributed by atoms with Crippen molar-refractivity contribution in [3.63, 3.8) is 0 Å². The molecule has 2 aliphatic carbocycles. The lowest BCUT2D eigenvalue weighted by atomic mass is 9.89. The van der Waals surface area contributed by atoms with E-state index in [0.717, 1.165) is 44.9 Å². The van der Waals surface area contributed by atoms with Gasteiger partial charge in [-0.3, -0.25) is 4.79 Å². The number of hydrogen-bond donors (Lipinski definition) is 3. The Labute approximate surface area is 176 Å². The summed E-state index contributed by atoms with van der Waals surface area (Å²) >= 11 is 0. The highest BCUT2D eigenvalue weighted by Crippen LogP contribution is 2.50. The minimum absolute atomic E-state index is 0.126. The van der Waals surface area contributed by atoms with Crippen LogP contribution in [-0.4, -0.2) is 33.5 Å². The number of carboxylic acids is 1. The number of aliphatic hydroxyl groups excluding tert-OH is 2.